The van der Waals surface area contributed by atoms with Crippen LogP contribution in [0.15, 0.2) is 34.0 Å². The molecule has 1 unspecified atom stereocenters. The SMILES string of the molecule is CCOC(C)c1noc(CNC(=NC)NCCn2cccc2)n1.I. The van der Waals surface area contributed by atoms with Gasteiger partial charge in [0.05, 0.1) is 6.54 Å². The van der Waals surface area contributed by atoms with Crippen LogP contribution in [0, 0.1) is 0 Å². The molecule has 0 amide bonds. The lowest BCUT2D eigenvalue weighted by Crippen LogP contribution is -2.38. The van der Waals surface area contributed by atoms with Crippen molar-refractivity contribution in [2.24, 2.45) is 4.99 Å². The zero-order chi connectivity index (χ0) is 16.5. The van der Waals surface area contributed by atoms with Gasteiger partial charge in [-0.3, -0.25) is 4.99 Å². The average molecular weight is 448 g/mol. The predicted molar refractivity (Wildman–Crippen MR) is 102 cm³/mol. The molecule has 2 aromatic heterocycles. The number of aromatic nitrogens is 3. The third kappa shape index (κ3) is 6.48. The van der Waals surface area contributed by atoms with Crippen molar-refractivity contribution < 1.29 is 9.26 Å². The van der Waals surface area contributed by atoms with Gasteiger partial charge in [0.1, 0.15) is 6.10 Å². The molecule has 1 atom stereocenters. The summed E-state index contributed by atoms with van der Waals surface area (Å²) in [5.41, 5.74) is 0. The van der Waals surface area contributed by atoms with E-state index >= 15 is 0 Å². The van der Waals surface area contributed by atoms with Crippen LogP contribution in [0.3, 0.4) is 0 Å². The first-order chi connectivity index (χ1) is 11.2. The van der Waals surface area contributed by atoms with Gasteiger partial charge in [0.25, 0.3) is 0 Å². The number of nitrogens with one attached hydrogen (secondary N) is 2. The van der Waals surface area contributed by atoms with Crippen LogP contribution in [-0.2, 0) is 17.8 Å². The second kappa shape index (κ2) is 11.0. The molecule has 0 bridgehead atoms. The molecule has 0 aliphatic carbocycles. The summed E-state index contributed by atoms with van der Waals surface area (Å²) in [6, 6.07) is 4.01. The minimum absolute atomic E-state index is 0. The molecular weight excluding hydrogens is 423 g/mol. The van der Waals surface area contributed by atoms with Crippen LogP contribution in [0.5, 0.6) is 0 Å². The summed E-state index contributed by atoms with van der Waals surface area (Å²) in [4.78, 5) is 8.47. The van der Waals surface area contributed by atoms with E-state index in [9.17, 15) is 0 Å². The van der Waals surface area contributed by atoms with Crippen LogP contribution < -0.4 is 10.6 Å². The van der Waals surface area contributed by atoms with E-state index in [0.717, 1.165) is 13.1 Å². The van der Waals surface area contributed by atoms with Crippen molar-refractivity contribution in [1.29, 1.82) is 0 Å². The van der Waals surface area contributed by atoms with E-state index < -0.39 is 0 Å². The zero-order valence-electron chi connectivity index (χ0n) is 14.2. The van der Waals surface area contributed by atoms with E-state index in [2.05, 4.69) is 30.3 Å². The molecule has 9 heteroatoms. The summed E-state index contributed by atoms with van der Waals surface area (Å²) in [6.07, 6.45) is 3.88. The lowest BCUT2D eigenvalue weighted by molar-refractivity contribution is 0.0683. The van der Waals surface area contributed by atoms with E-state index in [0.29, 0.717) is 30.8 Å². The molecule has 0 fully saturated rings. The van der Waals surface area contributed by atoms with Gasteiger partial charge in [-0.15, -0.1) is 24.0 Å². The van der Waals surface area contributed by atoms with E-state index in [1.807, 2.05) is 38.4 Å². The Labute approximate surface area is 159 Å². The second-order valence-corrected chi connectivity index (χ2v) is 4.92. The van der Waals surface area contributed by atoms with E-state index in [4.69, 9.17) is 9.26 Å². The topological polar surface area (TPSA) is 89.5 Å². The Balaban J connectivity index is 0.00000288. The molecule has 0 spiro atoms. The number of hydrogen-bond donors (Lipinski definition) is 2. The molecule has 2 N–H and O–H groups in total. The van der Waals surface area contributed by atoms with Crippen molar-refractivity contribution in [3.05, 3.63) is 36.2 Å². The number of aliphatic imine (C=N–C) groups is 1. The highest BCUT2D eigenvalue weighted by Crippen LogP contribution is 2.12. The number of rotatable bonds is 8. The molecule has 8 nitrogen and oxygen atoms in total. The monoisotopic (exact) mass is 448 g/mol. The molecule has 0 aliphatic heterocycles. The highest BCUT2D eigenvalue weighted by molar-refractivity contribution is 14.0. The standard InChI is InChI=1S/C15H24N6O2.HI/c1-4-22-12(2)14-19-13(23-20-14)11-18-15(16-3)17-7-10-21-8-5-6-9-21;/h5-6,8-9,12H,4,7,10-11H2,1-3H3,(H2,16,17,18);1H. The minimum Gasteiger partial charge on any atom is -0.371 e. The normalized spacial score (nSPS) is 12.5. The quantitative estimate of drug-likeness (QED) is 0.365. The maximum atomic E-state index is 5.43. The fourth-order valence-corrected chi connectivity index (χ4v) is 2.03. The van der Waals surface area contributed by atoms with Crippen molar-refractivity contribution in [3.8, 4) is 0 Å². The lowest BCUT2D eigenvalue weighted by Gasteiger charge is -2.10. The van der Waals surface area contributed by atoms with Crippen LogP contribution in [0.1, 0.15) is 31.7 Å². The Morgan fingerprint density at radius 3 is 2.79 bits per heavy atom. The fourth-order valence-electron chi connectivity index (χ4n) is 2.03. The summed E-state index contributed by atoms with van der Waals surface area (Å²) >= 11 is 0. The van der Waals surface area contributed by atoms with Gasteiger partial charge in [0, 0.05) is 39.1 Å². The maximum Gasteiger partial charge on any atom is 0.246 e. The Bertz CT molecular complexity index is 599. The van der Waals surface area contributed by atoms with Crippen LogP contribution in [-0.4, -0.2) is 40.9 Å². The van der Waals surface area contributed by atoms with Crippen molar-refractivity contribution in [2.75, 3.05) is 20.2 Å². The fraction of sp³-hybridized carbons (Fsp3) is 0.533. The second-order valence-electron chi connectivity index (χ2n) is 4.92. The van der Waals surface area contributed by atoms with Gasteiger partial charge >= 0.3 is 0 Å². The summed E-state index contributed by atoms with van der Waals surface area (Å²) in [6.45, 7) is 6.49. The Hall–Kier alpha value is -1.62. The predicted octanol–water partition coefficient (Wildman–Crippen LogP) is 1.95. The third-order valence-corrected chi connectivity index (χ3v) is 3.22. The summed E-state index contributed by atoms with van der Waals surface area (Å²) in [7, 11) is 1.72. The molecule has 2 heterocycles. The first-order valence-electron chi connectivity index (χ1n) is 7.72. The number of guanidine groups is 1. The number of nitrogens with zero attached hydrogens (tertiary/aromatic N) is 4. The largest absolute Gasteiger partial charge is 0.371 e. The minimum atomic E-state index is -0.170. The van der Waals surface area contributed by atoms with Gasteiger partial charge in [-0.05, 0) is 26.0 Å². The van der Waals surface area contributed by atoms with Crippen LogP contribution >= 0.6 is 24.0 Å². The maximum absolute atomic E-state index is 5.43. The number of halogens is 1. The highest BCUT2D eigenvalue weighted by atomic mass is 127. The number of ether oxygens (including phenoxy) is 1. The third-order valence-electron chi connectivity index (χ3n) is 3.22. The smallest absolute Gasteiger partial charge is 0.246 e. The summed E-state index contributed by atoms with van der Waals surface area (Å²) in [5, 5.41) is 10.3. The Morgan fingerprint density at radius 1 is 1.38 bits per heavy atom. The molecule has 0 aliphatic rings. The average Bonchev–Trinajstić information content (AvgIpc) is 3.22. The lowest BCUT2D eigenvalue weighted by atomic mass is 10.4. The molecule has 0 saturated heterocycles. The highest BCUT2D eigenvalue weighted by Gasteiger charge is 2.13. The molecule has 134 valence electrons. The first-order valence-corrected chi connectivity index (χ1v) is 7.72. The van der Waals surface area contributed by atoms with E-state index in [1.165, 1.54) is 0 Å². The van der Waals surface area contributed by atoms with Crippen molar-refractivity contribution in [1.82, 2.24) is 25.3 Å². The van der Waals surface area contributed by atoms with Gasteiger partial charge in [-0.2, -0.15) is 4.98 Å². The van der Waals surface area contributed by atoms with E-state index in [-0.39, 0.29) is 30.1 Å². The van der Waals surface area contributed by atoms with Gasteiger partial charge in [0.15, 0.2) is 11.8 Å². The van der Waals surface area contributed by atoms with Crippen LogP contribution in [0.4, 0.5) is 0 Å². The van der Waals surface area contributed by atoms with Gasteiger partial charge in [-0.1, -0.05) is 5.16 Å². The van der Waals surface area contributed by atoms with Crippen LogP contribution in [0.25, 0.3) is 0 Å². The van der Waals surface area contributed by atoms with Crippen LogP contribution in [0.2, 0.25) is 0 Å². The zero-order valence-corrected chi connectivity index (χ0v) is 16.6. The molecule has 0 aromatic carbocycles. The van der Waals surface area contributed by atoms with Crippen molar-refractivity contribution >= 4 is 29.9 Å². The summed E-state index contributed by atoms with van der Waals surface area (Å²) in [5.74, 6) is 1.74. The molecule has 2 rings (SSSR count). The number of hydrogen-bond acceptors (Lipinski definition) is 5. The Kier molecular flexibility index (Phi) is 9.38. The summed E-state index contributed by atoms with van der Waals surface area (Å²) < 4.78 is 12.7. The first kappa shape index (κ1) is 20.4. The molecule has 24 heavy (non-hydrogen) atoms. The van der Waals surface area contributed by atoms with Gasteiger partial charge in [0.2, 0.25) is 5.89 Å². The van der Waals surface area contributed by atoms with Crippen molar-refractivity contribution in [3.63, 3.8) is 0 Å². The molecule has 0 radical (unpaired) electrons. The van der Waals surface area contributed by atoms with Gasteiger partial charge < -0.3 is 24.5 Å². The van der Waals surface area contributed by atoms with Crippen molar-refractivity contribution in [2.45, 2.75) is 33.0 Å². The van der Waals surface area contributed by atoms with Gasteiger partial charge in [-0.25, -0.2) is 0 Å². The molecule has 0 saturated carbocycles. The molecule has 2 aromatic rings. The van der Waals surface area contributed by atoms with E-state index in [1.54, 1.807) is 7.05 Å². The molecular formula is C15H25IN6O2. The Morgan fingerprint density at radius 2 is 2.12 bits per heavy atom.